The lowest BCUT2D eigenvalue weighted by Gasteiger charge is -2.29. The molecule has 3 nitrogen and oxygen atoms in total. The van der Waals surface area contributed by atoms with Crippen molar-refractivity contribution in [2.45, 2.75) is 111 Å². The van der Waals surface area contributed by atoms with Crippen molar-refractivity contribution in [3.8, 4) is 5.75 Å². The van der Waals surface area contributed by atoms with Gasteiger partial charge in [0.2, 0.25) is 0 Å². The van der Waals surface area contributed by atoms with Crippen molar-refractivity contribution < 1.29 is 13.9 Å². The maximum atomic E-state index is 11.9. The third-order valence-corrected chi connectivity index (χ3v) is 5.41. The highest BCUT2D eigenvalue weighted by Crippen LogP contribution is 2.45. The predicted molar refractivity (Wildman–Crippen MR) is 122 cm³/mol. The Morgan fingerprint density at radius 1 is 0.931 bits per heavy atom. The van der Waals surface area contributed by atoms with E-state index in [1.807, 2.05) is 0 Å². The van der Waals surface area contributed by atoms with Crippen LogP contribution in [0.25, 0.3) is 11.0 Å². The number of carbonyl (C=O) groups is 1. The summed E-state index contributed by atoms with van der Waals surface area (Å²) in [7, 11) is 0. The molecular weight excluding hydrogens is 360 g/mol. The minimum Gasteiger partial charge on any atom is -0.461 e. The van der Waals surface area contributed by atoms with E-state index in [1.54, 1.807) is 0 Å². The zero-order chi connectivity index (χ0) is 21.8. The van der Waals surface area contributed by atoms with Gasteiger partial charge in [0.05, 0.1) is 0 Å². The summed E-state index contributed by atoms with van der Waals surface area (Å²) < 4.78 is 12.1. The zero-order valence-corrected chi connectivity index (χ0v) is 19.8. The first kappa shape index (κ1) is 23.5. The molecule has 0 aliphatic rings. The van der Waals surface area contributed by atoms with Crippen LogP contribution in [0.3, 0.4) is 0 Å². The summed E-state index contributed by atoms with van der Waals surface area (Å²) in [6.07, 6.45) is 8.58. The van der Waals surface area contributed by atoms with Crippen molar-refractivity contribution in [1.82, 2.24) is 0 Å². The third kappa shape index (κ3) is 6.10. The molecule has 3 heteroatoms. The molecule has 0 atom stereocenters. The van der Waals surface area contributed by atoms with Gasteiger partial charge in [0, 0.05) is 29.9 Å². The average Bonchev–Trinajstić information content (AvgIpc) is 2.96. The van der Waals surface area contributed by atoms with Gasteiger partial charge in [-0.3, -0.25) is 4.79 Å². The number of benzene rings is 1. The fraction of sp³-hybridized carbons (Fsp3) is 0.654. The summed E-state index contributed by atoms with van der Waals surface area (Å²) in [5, 5.41) is 1.07. The first-order valence-corrected chi connectivity index (χ1v) is 11.2. The van der Waals surface area contributed by atoms with E-state index in [2.05, 4.69) is 60.6 Å². The molecule has 2 aromatic rings. The molecule has 0 aliphatic heterocycles. The van der Waals surface area contributed by atoms with Gasteiger partial charge in [-0.25, -0.2) is 0 Å². The van der Waals surface area contributed by atoms with E-state index in [1.165, 1.54) is 39.0 Å². The van der Waals surface area contributed by atoms with Crippen LogP contribution in [0.4, 0.5) is 0 Å². The van der Waals surface area contributed by atoms with Gasteiger partial charge in [0.1, 0.15) is 17.1 Å². The maximum Gasteiger partial charge on any atom is 0.308 e. The standard InChI is InChI=1S/C26H40O3/c1-9-10-11-12-13-14-15-19-16-20-22(29-19)17-21(25(3,4)5)24(28-18(2)27)23(20)26(6,7)8/h16-17H,9-15H2,1-8H3. The lowest BCUT2D eigenvalue weighted by atomic mass is 9.78. The zero-order valence-electron chi connectivity index (χ0n) is 19.8. The average molecular weight is 401 g/mol. The van der Waals surface area contributed by atoms with Crippen molar-refractivity contribution in [2.24, 2.45) is 0 Å². The number of carbonyl (C=O) groups excluding carboxylic acids is 1. The Bertz CT molecular complexity index is 828. The van der Waals surface area contributed by atoms with Gasteiger partial charge in [-0.15, -0.1) is 0 Å². The monoisotopic (exact) mass is 400 g/mol. The second kappa shape index (κ2) is 9.36. The van der Waals surface area contributed by atoms with Gasteiger partial charge in [-0.05, 0) is 29.4 Å². The van der Waals surface area contributed by atoms with Crippen LogP contribution in [0.15, 0.2) is 16.5 Å². The van der Waals surface area contributed by atoms with Crippen molar-refractivity contribution in [2.75, 3.05) is 0 Å². The Balaban J connectivity index is 2.46. The van der Waals surface area contributed by atoms with Gasteiger partial charge in [0.15, 0.2) is 0 Å². The van der Waals surface area contributed by atoms with Crippen molar-refractivity contribution in [3.63, 3.8) is 0 Å². The van der Waals surface area contributed by atoms with E-state index < -0.39 is 0 Å². The molecule has 0 spiro atoms. The largest absolute Gasteiger partial charge is 0.461 e. The molecule has 1 aromatic heterocycles. The molecule has 1 heterocycles. The molecule has 1 aromatic carbocycles. The minimum atomic E-state index is -0.281. The second-order valence-corrected chi connectivity index (χ2v) is 10.4. The molecule has 0 bridgehead atoms. The number of rotatable bonds is 8. The first-order valence-electron chi connectivity index (χ1n) is 11.2. The number of unbranched alkanes of at least 4 members (excludes halogenated alkanes) is 5. The fourth-order valence-corrected chi connectivity index (χ4v) is 3.97. The molecule has 0 N–H and O–H groups in total. The van der Waals surface area contributed by atoms with Crippen molar-refractivity contribution in [3.05, 3.63) is 29.0 Å². The number of furan rings is 1. The van der Waals surface area contributed by atoms with E-state index in [9.17, 15) is 4.79 Å². The molecule has 29 heavy (non-hydrogen) atoms. The van der Waals surface area contributed by atoms with E-state index in [4.69, 9.17) is 9.15 Å². The normalized spacial score (nSPS) is 12.6. The Morgan fingerprint density at radius 2 is 1.55 bits per heavy atom. The van der Waals surface area contributed by atoms with E-state index in [0.29, 0.717) is 5.75 Å². The third-order valence-electron chi connectivity index (χ3n) is 5.41. The van der Waals surface area contributed by atoms with E-state index in [-0.39, 0.29) is 16.8 Å². The van der Waals surface area contributed by atoms with Crippen LogP contribution in [0, 0.1) is 0 Å². The predicted octanol–water partition coefficient (Wildman–Crippen LogP) is 7.86. The van der Waals surface area contributed by atoms with Gasteiger partial charge < -0.3 is 9.15 Å². The van der Waals surface area contributed by atoms with Gasteiger partial charge in [0.25, 0.3) is 0 Å². The Morgan fingerprint density at radius 3 is 2.10 bits per heavy atom. The number of ether oxygens (including phenoxy) is 1. The molecule has 0 radical (unpaired) electrons. The summed E-state index contributed by atoms with van der Waals surface area (Å²) in [4.78, 5) is 11.9. The van der Waals surface area contributed by atoms with Crippen LogP contribution < -0.4 is 4.74 Å². The summed E-state index contributed by atoms with van der Waals surface area (Å²) in [5.74, 6) is 1.45. The topological polar surface area (TPSA) is 39.4 Å². The molecular formula is C26H40O3. The van der Waals surface area contributed by atoms with Crippen LogP contribution in [-0.2, 0) is 22.0 Å². The van der Waals surface area contributed by atoms with E-state index in [0.717, 1.165) is 40.7 Å². The van der Waals surface area contributed by atoms with E-state index >= 15 is 0 Å². The fourth-order valence-electron chi connectivity index (χ4n) is 3.97. The lowest BCUT2D eigenvalue weighted by molar-refractivity contribution is -0.132. The van der Waals surface area contributed by atoms with Crippen LogP contribution in [0.2, 0.25) is 0 Å². The van der Waals surface area contributed by atoms with Crippen molar-refractivity contribution in [1.29, 1.82) is 0 Å². The lowest BCUT2D eigenvalue weighted by Crippen LogP contribution is -2.21. The van der Waals surface area contributed by atoms with Gasteiger partial charge in [-0.1, -0.05) is 80.6 Å². The Kier molecular flexibility index (Phi) is 7.59. The minimum absolute atomic E-state index is 0.162. The molecule has 0 aliphatic carbocycles. The number of hydrogen-bond donors (Lipinski definition) is 0. The van der Waals surface area contributed by atoms with Crippen LogP contribution >= 0.6 is 0 Å². The van der Waals surface area contributed by atoms with Crippen LogP contribution in [-0.4, -0.2) is 5.97 Å². The summed E-state index contributed by atoms with van der Waals surface area (Å²) in [6, 6.07) is 4.25. The molecule has 0 fully saturated rings. The Labute approximate surface area is 177 Å². The number of fused-ring (bicyclic) bond motifs is 1. The highest BCUT2D eigenvalue weighted by molar-refractivity contribution is 5.88. The quantitative estimate of drug-likeness (QED) is 0.257. The molecule has 162 valence electrons. The van der Waals surface area contributed by atoms with Gasteiger partial charge >= 0.3 is 5.97 Å². The highest BCUT2D eigenvalue weighted by atomic mass is 16.5. The van der Waals surface area contributed by atoms with Crippen LogP contribution in [0.1, 0.15) is 111 Å². The number of esters is 1. The molecule has 0 saturated carbocycles. The highest BCUT2D eigenvalue weighted by Gasteiger charge is 2.31. The SMILES string of the molecule is CCCCCCCCc1cc2c(C(C)(C)C)c(OC(C)=O)c(C(C)(C)C)cc2o1. The number of aryl methyl sites for hydroxylation is 1. The summed E-state index contributed by atoms with van der Waals surface area (Å²) in [6.45, 7) is 16.7. The number of hydrogen-bond acceptors (Lipinski definition) is 3. The summed E-state index contributed by atoms with van der Waals surface area (Å²) in [5.41, 5.74) is 2.65. The second-order valence-electron chi connectivity index (χ2n) is 10.4. The molecule has 0 unspecified atom stereocenters. The smallest absolute Gasteiger partial charge is 0.308 e. The van der Waals surface area contributed by atoms with Gasteiger partial charge in [-0.2, -0.15) is 0 Å². The van der Waals surface area contributed by atoms with Crippen LogP contribution in [0.5, 0.6) is 5.75 Å². The molecule has 0 saturated heterocycles. The van der Waals surface area contributed by atoms with Crippen molar-refractivity contribution >= 4 is 16.9 Å². The maximum absolute atomic E-state index is 11.9. The first-order chi connectivity index (χ1) is 13.4. The Hall–Kier alpha value is -1.77. The molecule has 2 rings (SSSR count). The molecule has 0 amide bonds. The summed E-state index contributed by atoms with van der Waals surface area (Å²) >= 11 is 0.